The number of H-pyrrole nitrogens is 1. The number of aromatic amines is 1. The lowest BCUT2D eigenvalue weighted by Crippen LogP contribution is -2.35. The second-order valence-electron chi connectivity index (χ2n) is 14.4. The van der Waals surface area contributed by atoms with E-state index in [4.69, 9.17) is 26.1 Å². The summed E-state index contributed by atoms with van der Waals surface area (Å²) in [6, 6.07) is 9.58. The number of halogens is 1. The molecule has 1 aliphatic carbocycles. The second kappa shape index (κ2) is 14.8. The van der Waals surface area contributed by atoms with E-state index in [-0.39, 0.29) is 17.9 Å². The van der Waals surface area contributed by atoms with E-state index in [2.05, 4.69) is 35.8 Å². The van der Waals surface area contributed by atoms with Gasteiger partial charge < -0.3 is 20.1 Å². The molecule has 12 nitrogen and oxygen atoms in total. The first-order valence-electron chi connectivity index (χ1n) is 16.4. The maximum absolute atomic E-state index is 12.4. The van der Waals surface area contributed by atoms with Gasteiger partial charge in [-0.2, -0.15) is 10.1 Å². The molecule has 5 rings (SSSR count). The molecule has 1 saturated carbocycles. The van der Waals surface area contributed by atoms with Gasteiger partial charge in [0.25, 0.3) is 0 Å². The van der Waals surface area contributed by atoms with Gasteiger partial charge in [-0.1, -0.05) is 23.7 Å². The summed E-state index contributed by atoms with van der Waals surface area (Å²) in [7, 11) is 0. The third-order valence-corrected chi connectivity index (χ3v) is 8.20. The topological polar surface area (TPSA) is 157 Å². The van der Waals surface area contributed by atoms with Crippen LogP contribution in [0, 0.1) is 5.92 Å². The van der Waals surface area contributed by atoms with Crippen LogP contribution in [0.25, 0.3) is 22.4 Å². The zero-order valence-electron chi connectivity index (χ0n) is 28.5. The maximum atomic E-state index is 12.4. The minimum Gasteiger partial charge on any atom is -0.460 e. The van der Waals surface area contributed by atoms with Gasteiger partial charge in [-0.3, -0.25) is 9.89 Å². The molecule has 48 heavy (non-hydrogen) atoms. The van der Waals surface area contributed by atoms with Crippen molar-refractivity contribution in [3.63, 3.8) is 0 Å². The average molecular weight is 677 g/mol. The van der Waals surface area contributed by atoms with E-state index in [1.807, 2.05) is 71.9 Å². The Morgan fingerprint density at radius 2 is 1.75 bits per heavy atom. The van der Waals surface area contributed by atoms with Crippen LogP contribution in [0.3, 0.4) is 0 Å². The summed E-state index contributed by atoms with van der Waals surface area (Å²) in [6.45, 7) is 11.5. The number of hydrogen-bond donors (Lipinski definition) is 3. The predicted molar refractivity (Wildman–Crippen MR) is 185 cm³/mol. The number of amides is 1. The van der Waals surface area contributed by atoms with Crippen molar-refractivity contribution in [3.8, 4) is 11.4 Å². The van der Waals surface area contributed by atoms with Gasteiger partial charge in [0.2, 0.25) is 5.95 Å². The minimum atomic E-state index is -0.607. The van der Waals surface area contributed by atoms with Crippen molar-refractivity contribution in [2.45, 2.75) is 103 Å². The van der Waals surface area contributed by atoms with Crippen LogP contribution in [0.2, 0.25) is 5.02 Å². The lowest BCUT2D eigenvalue weighted by atomic mass is 9.84. The highest BCUT2D eigenvalue weighted by molar-refractivity contribution is 6.30. The van der Waals surface area contributed by atoms with Gasteiger partial charge in [0.15, 0.2) is 5.65 Å². The molecule has 3 heterocycles. The standard InChI is InChI=1S/C35H45ClN8O4/c1-34(2,3)47-29(45)16-21-10-12-25(13-11-21)40-32-38-20-26-30(43-44-31(26)42-32)27-14-15-37-28(41-27)18-23(22-8-7-9-24(36)17-22)19-39-33(46)48-35(4,5)6/h7-9,14-15,17,20-21,23,25H,10-13,16,18-19H2,1-6H3,(H,39,46)(H2,38,40,42,43,44). The van der Waals surface area contributed by atoms with Crippen LogP contribution < -0.4 is 10.6 Å². The molecular weight excluding hydrogens is 632 g/mol. The summed E-state index contributed by atoms with van der Waals surface area (Å²) in [5.74, 6) is 1.15. The van der Waals surface area contributed by atoms with Gasteiger partial charge in [-0.05, 0) is 96.9 Å². The molecule has 4 aromatic rings. The molecule has 3 aromatic heterocycles. The number of alkyl carbamates (subject to hydrolysis) is 1. The number of aromatic nitrogens is 6. The highest BCUT2D eigenvalue weighted by Gasteiger charge is 2.26. The maximum Gasteiger partial charge on any atom is 0.407 e. The summed E-state index contributed by atoms with van der Waals surface area (Å²) >= 11 is 6.31. The van der Waals surface area contributed by atoms with Gasteiger partial charge in [0.05, 0.1) is 16.8 Å². The van der Waals surface area contributed by atoms with E-state index in [0.29, 0.717) is 59.1 Å². The molecule has 1 aromatic carbocycles. The van der Waals surface area contributed by atoms with Crippen LogP contribution in [0.15, 0.2) is 42.7 Å². The first-order chi connectivity index (χ1) is 22.7. The number of esters is 1. The Bertz CT molecular complexity index is 1720. The molecule has 1 atom stereocenters. The summed E-state index contributed by atoms with van der Waals surface area (Å²) < 4.78 is 10.9. The number of ether oxygens (including phenoxy) is 2. The number of benzene rings is 1. The highest BCUT2D eigenvalue weighted by atomic mass is 35.5. The molecule has 256 valence electrons. The number of anilines is 1. The normalized spacial score (nSPS) is 17.5. The molecule has 1 unspecified atom stereocenters. The van der Waals surface area contributed by atoms with Crippen molar-refractivity contribution in [1.29, 1.82) is 0 Å². The van der Waals surface area contributed by atoms with Crippen LogP contribution in [-0.4, -0.2) is 66.0 Å². The lowest BCUT2D eigenvalue weighted by Gasteiger charge is -2.29. The third-order valence-electron chi connectivity index (χ3n) is 7.97. The fraction of sp³-hybridized carbons (Fsp3) is 0.514. The van der Waals surface area contributed by atoms with Gasteiger partial charge in [0, 0.05) is 48.8 Å². The first kappa shape index (κ1) is 35.0. The molecule has 0 radical (unpaired) electrons. The Hall–Kier alpha value is -4.32. The number of nitrogens with zero attached hydrogens (tertiary/aromatic N) is 5. The lowest BCUT2D eigenvalue weighted by molar-refractivity contribution is -0.156. The number of nitrogens with one attached hydrogen (secondary N) is 3. The largest absolute Gasteiger partial charge is 0.460 e. The van der Waals surface area contributed by atoms with Gasteiger partial charge >= 0.3 is 12.1 Å². The van der Waals surface area contributed by atoms with Gasteiger partial charge in [-0.15, -0.1) is 0 Å². The Morgan fingerprint density at radius 1 is 1.00 bits per heavy atom. The van der Waals surface area contributed by atoms with Crippen molar-refractivity contribution in [2.75, 3.05) is 11.9 Å². The van der Waals surface area contributed by atoms with E-state index < -0.39 is 17.3 Å². The number of rotatable bonds is 10. The van der Waals surface area contributed by atoms with Crippen molar-refractivity contribution in [1.82, 2.24) is 35.5 Å². The molecule has 13 heteroatoms. The zero-order valence-corrected chi connectivity index (χ0v) is 29.2. The van der Waals surface area contributed by atoms with Crippen molar-refractivity contribution < 1.29 is 19.1 Å². The molecule has 0 saturated heterocycles. The monoisotopic (exact) mass is 676 g/mol. The molecular formula is C35H45ClN8O4. The van der Waals surface area contributed by atoms with E-state index in [1.54, 1.807) is 12.4 Å². The third kappa shape index (κ3) is 10.1. The molecule has 1 aliphatic rings. The van der Waals surface area contributed by atoms with Crippen molar-refractivity contribution in [2.24, 2.45) is 5.92 Å². The van der Waals surface area contributed by atoms with E-state index >= 15 is 0 Å². The zero-order chi connectivity index (χ0) is 34.5. The average Bonchev–Trinajstić information content (AvgIpc) is 3.42. The fourth-order valence-electron chi connectivity index (χ4n) is 5.83. The fourth-order valence-corrected chi connectivity index (χ4v) is 6.03. The van der Waals surface area contributed by atoms with Crippen LogP contribution in [0.5, 0.6) is 0 Å². The van der Waals surface area contributed by atoms with Crippen LogP contribution in [0.1, 0.15) is 91.0 Å². The Kier molecular flexibility index (Phi) is 10.8. The van der Waals surface area contributed by atoms with Gasteiger partial charge in [-0.25, -0.2) is 19.7 Å². The number of fused-ring (bicyclic) bond motifs is 1. The van der Waals surface area contributed by atoms with Gasteiger partial charge in [0.1, 0.15) is 17.0 Å². The predicted octanol–water partition coefficient (Wildman–Crippen LogP) is 7.02. The Labute approximate surface area is 286 Å². The summed E-state index contributed by atoms with van der Waals surface area (Å²) in [5, 5.41) is 15.2. The van der Waals surface area contributed by atoms with Crippen molar-refractivity contribution >= 4 is 40.6 Å². The Balaban J connectivity index is 1.24. The van der Waals surface area contributed by atoms with Crippen molar-refractivity contribution in [3.05, 3.63) is 59.1 Å². The SMILES string of the molecule is CC(C)(C)OC(=O)CC1CCC(Nc2ncc3c(-c4ccnc(CC(CNC(=O)OC(C)(C)C)c5cccc(Cl)c5)n4)[nH]nc3n2)CC1. The number of hydrogen-bond acceptors (Lipinski definition) is 10. The smallest absolute Gasteiger partial charge is 0.407 e. The summed E-state index contributed by atoms with van der Waals surface area (Å²) in [5.41, 5.74) is 1.75. The highest BCUT2D eigenvalue weighted by Crippen LogP contribution is 2.30. The molecule has 1 amide bonds. The minimum absolute atomic E-state index is 0.131. The number of carbonyl (C=O) groups is 2. The first-order valence-corrected chi connectivity index (χ1v) is 16.8. The van der Waals surface area contributed by atoms with E-state index in [0.717, 1.165) is 36.6 Å². The molecule has 1 fully saturated rings. The molecule has 0 bridgehead atoms. The van der Waals surface area contributed by atoms with Crippen LogP contribution >= 0.6 is 11.6 Å². The van der Waals surface area contributed by atoms with Crippen LogP contribution in [0.4, 0.5) is 10.7 Å². The van der Waals surface area contributed by atoms with E-state index in [9.17, 15) is 9.59 Å². The number of carbonyl (C=O) groups excluding carboxylic acids is 2. The molecule has 3 N–H and O–H groups in total. The van der Waals surface area contributed by atoms with E-state index in [1.165, 1.54) is 0 Å². The van der Waals surface area contributed by atoms with Crippen LogP contribution in [-0.2, 0) is 20.7 Å². The Morgan fingerprint density at radius 3 is 2.46 bits per heavy atom. The molecule has 0 aliphatic heterocycles. The quantitative estimate of drug-likeness (QED) is 0.149. The summed E-state index contributed by atoms with van der Waals surface area (Å²) in [4.78, 5) is 43.3. The summed E-state index contributed by atoms with van der Waals surface area (Å²) in [6.07, 6.45) is 7.59. The second-order valence-corrected chi connectivity index (χ2v) is 14.8. The molecule has 0 spiro atoms.